The normalized spacial score (nSPS) is 12.2. The maximum absolute atomic E-state index is 12.4. The highest BCUT2D eigenvalue weighted by atomic mass is 32.2. The lowest BCUT2D eigenvalue weighted by molar-refractivity contribution is -0.123. The molecule has 0 spiro atoms. The molecular weight excluding hydrogens is 412 g/mol. The molecule has 7 heteroatoms. The summed E-state index contributed by atoms with van der Waals surface area (Å²) in [5, 5.41) is 2.87. The van der Waals surface area contributed by atoms with E-state index in [2.05, 4.69) is 10.0 Å². The second kappa shape index (κ2) is 10.7. The fourth-order valence-corrected chi connectivity index (χ4v) is 4.06. The molecule has 3 rings (SSSR count). The first-order valence-corrected chi connectivity index (χ1v) is 11.5. The van der Waals surface area contributed by atoms with Crippen molar-refractivity contribution < 1.29 is 17.9 Å². The van der Waals surface area contributed by atoms with E-state index in [0.29, 0.717) is 18.7 Å². The third-order valence-electron chi connectivity index (χ3n) is 4.73. The molecule has 0 saturated heterocycles. The molecule has 0 unspecified atom stereocenters. The summed E-state index contributed by atoms with van der Waals surface area (Å²) in [7, 11) is -3.61. The van der Waals surface area contributed by atoms with Crippen LogP contribution in [-0.2, 0) is 21.2 Å². The number of carbonyl (C=O) groups is 1. The van der Waals surface area contributed by atoms with Crippen molar-refractivity contribution in [2.45, 2.75) is 24.3 Å². The van der Waals surface area contributed by atoms with Crippen LogP contribution in [0.5, 0.6) is 5.75 Å². The van der Waals surface area contributed by atoms with Crippen molar-refractivity contribution in [2.75, 3.05) is 13.2 Å². The Bertz CT molecular complexity index is 1070. The van der Waals surface area contributed by atoms with Gasteiger partial charge in [-0.3, -0.25) is 4.79 Å². The Morgan fingerprint density at radius 3 is 2.16 bits per heavy atom. The largest absolute Gasteiger partial charge is 0.484 e. The average molecular weight is 439 g/mol. The predicted octanol–water partition coefficient (Wildman–Crippen LogP) is 3.46. The molecule has 1 amide bonds. The lowest BCUT2D eigenvalue weighted by atomic mass is 10.1. The van der Waals surface area contributed by atoms with Gasteiger partial charge in [0.15, 0.2) is 6.61 Å². The average Bonchev–Trinajstić information content (AvgIpc) is 2.79. The fraction of sp³-hybridized carbons (Fsp3) is 0.208. The molecule has 0 bridgehead atoms. The van der Waals surface area contributed by atoms with Crippen molar-refractivity contribution >= 4 is 15.9 Å². The molecule has 6 nitrogen and oxygen atoms in total. The Kier molecular flexibility index (Phi) is 7.81. The number of amides is 1. The summed E-state index contributed by atoms with van der Waals surface area (Å²) in [5.41, 5.74) is 2.07. The van der Waals surface area contributed by atoms with Crippen molar-refractivity contribution in [1.29, 1.82) is 0 Å². The number of benzene rings is 3. The molecule has 3 aromatic rings. The number of nitrogens with one attached hydrogen (secondary N) is 2. The van der Waals surface area contributed by atoms with E-state index in [1.54, 1.807) is 12.1 Å². The van der Waals surface area contributed by atoms with Crippen LogP contribution >= 0.6 is 0 Å². The Balaban J connectivity index is 1.47. The lowest BCUT2D eigenvalue weighted by Crippen LogP contribution is -2.31. The van der Waals surface area contributed by atoms with Crippen LogP contribution in [0.1, 0.15) is 24.1 Å². The van der Waals surface area contributed by atoms with Gasteiger partial charge in [-0.25, -0.2) is 13.1 Å². The van der Waals surface area contributed by atoms with E-state index in [1.165, 1.54) is 12.1 Å². The zero-order chi connectivity index (χ0) is 22.1. The summed E-state index contributed by atoms with van der Waals surface area (Å²) in [6.07, 6.45) is 0.609. The van der Waals surface area contributed by atoms with E-state index < -0.39 is 10.0 Å². The Morgan fingerprint density at radius 2 is 1.52 bits per heavy atom. The quantitative estimate of drug-likeness (QED) is 0.508. The minimum absolute atomic E-state index is 0.133. The van der Waals surface area contributed by atoms with Crippen molar-refractivity contribution in [1.82, 2.24) is 10.0 Å². The highest BCUT2D eigenvalue weighted by molar-refractivity contribution is 7.89. The van der Waals surface area contributed by atoms with Crippen LogP contribution in [0.4, 0.5) is 0 Å². The van der Waals surface area contributed by atoms with E-state index in [-0.39, 0.29) is 23.5 Å². The number of rotatable bonds is 10. The summed E-state index contributed by atoms with van der Waals surface area (Å²) in [5.74, 6) is 0.168. The molecular formula is C24H26N2O4S. The van der Waals surface area contributed by atoms with Crippen LogP contribution < -0.4 is 14.8 Å². The standard InChI is InChI=1S/C24H26N2O4S/c1-19(21-10-6-3-7-11-21)26-24(27)18-30-22-12-14-23(15-13-22)31(28,29)25-17-16-20-8-4-2-5-9-20/h2-15,19,25H,16-18H2,1H3,(H,26,27)/t19-/m1/s1. The van der Waals surface area contributed by atoms with Crippen LogP contribution in [0.3, 0.4) is 0 Å². The summed E-state index contributed by atoms with van der Waals surface area (Å²) in [6, 6.07) is 25.2. The van der Waals surface area contributed by atoms with Gasteiger partial charge >= 0.3 is 0 Å². The van der Waals surface area contributed by atoms with Gasteiger partial charge in [-0.2, -0.15) is 0 Å². The lowest BCUT2D eigenvalue weighted by Gasteiger charge is -2.14. The predicted molar refractivity (Wildman–Crippen MR) is 120 cm³/mol. The third kappa shape index (κ3) is 6.94. The minimum Gasteiger partial charge on any atom is -0.484 e. The molecule has 162 valence electrons. The van der Waals surface area contributed by atoms with Crippen molar-refractivity contribution in [2.24, 2.45) is 0 Å². The zero-order valence-electron chi connectivity index (χ0n) is 17.3. The maximum Gasteiger partial charge on any atom is 0.258 e. The molecule has 0 fully saturated rings. The van der Waals surface area contributed by atoms with Crippen molar-refractivity contribution in [3.8, 4) is 5.75 Å². The highest BCUT2D eigenvalue weighted by Crippen LogP contribution is 2.16. The summed E-state index contributed by atoms with van der Waals surface area (Å²) in [4.78, 5) is 12.3. The Labute approximate surface area is 183 Å². The maximum atomic E-state index is 12.4. The number of hydrogen-bond acceptors (Lipinski definition) is 4. The van der Waals surface area contributed by atoms with Gasteiger partial charge in [0.25, 0.3) is 5.91 Å². The van der Waals surface area contributed by atoms with Crippen LogP contribution in [0, 0.1) is 0 Å². The van der Waals surface area contributed by atoms with Crippen LogP contribution in [-0.4, -0.2) is 27.5 Å². The second-order valence-corrected chi connectivity index (χ2v) is 8.86. The van der Waals surface area contributed by atoms with Gasteiger partial charge in [-0.05, 0) is 48.7 Å². The zero-order valence-corrected chi connectivity index (χ0v) is 18.1. The van der Waals surface area contributed by atoms with Gasteiger partial charge in [0.05, 0.1) is 10.9 Å². The van der Waals surface area contributed by atoms with E-state index >= 15 is 0 Å². The molecule has 2 N–H and O–H groups in total. The topological polar surface area (TPSA) is 84.5 Å². The molecule has 0 heterocycles. The van der Waals surface area contributed by atoms with Crippen LogP contribution in [0.2, 0.25) is 0 Å². The summed E-state index contributed by atoms with van der Waals surface area (Å²) in [6.45, 7) is 2.06. The first-order chi connectivity index (χ1) is 14.9. The molecule has 1 atom stereocenters. The monoisotopic (exact) mass is 438 g/mol. The first kappa shape index (κ1) is 22.5. The summed E-state index contributed by atoms with van der Waals surface area (Å²) < 4.78 is 33.0. The SMILES string of the molecule is C[C@@H](NC(=O)COc1ccc(S(=O)(=O)NCCc2ccccc2)cc1)c1ccccc1. The van der Waals surface area contributed by atoms with Gasteiger partial charge in [-0.1, -0.05) is 60.7 Å². The Morgan fingerprint density at radius 1 is 0.903 bits per heavy atom. The summed E-state index contributed by atoms with van der Waals surface area (Å²) >= 11 is 0. The molecule has 0 aliphatic rings. The van der Waals surface area contributed by atoms with E-state index in [1.807, 2.05) is 67.6 Å². The minimum atomic E-state index is -3.61. The van der Waals surface area contributed by atoms with E-state index in [0.717, 1.165) is 11.1 Å². The van der Waals surface area contributed by atoms with Gasteiger partial charge in [0.1, 0.15) is 5.75 Å². The highest BCUT2D eigenvalue weighted by Gasteiger charge is 2.14. The van der Waals surface area contributed by atoms with Gasteiger partial charge in [-0.15, -0.1) is 0 Å². The fourth-order valence-electron chi connectivity index (χ4n) is 3.03. The Hall–Kier alpha value is -3.16. The second-order valence-electron chi connectivity index (χ2n) is 7.09. The number of sulfonamides is 1. The van der Waals surface area contributed by atoms with Gasteiger partial charge in [0, 0.05) is 6.54 Å². The van der Waals surface area contributed by atoms with Crippen molar-refractivity contribution in [3.05, 3.63) is 96.1 Å². The van der Waals surface area contributed by atoms with Crippen LogP contribution in [0.25, 0.3) is 0 Å². The smallest absolute Gasteiger partial charge is 0.258 e. The number of carbonyl (C=O) groups excluding carboxylic acids is 1. The van der Waals surface area contributed by atoms with Gasteiger partial charge < -0.3 is 10.1 Å². The molecule has 0 radical (unpaired) electrons. The van der Waals surface area contributed by atoms with E-state index in [4.69, 9.17) is 4.74 Å². The van der Waals surface area contributed by atoms with Crippen LogP contribution in [0.15, 0.2) is 89.8 Å². The molecule has 0 saturated carbocycles. The molecule has 3 aromatic carbocycles. The molecule has 0 aliphatic carbocycles. The third-order valence-corrected chi connectivity index (χ3v) is 6.21. The molecule has 31 heavy (non-hydrogen) atoms. The van der Waals surface area contributed by atoms with E-state index in [9.17, 15) is 13.2 Å². The van der Waals surface area contributed by atoms with Crippen molar-refractivity contribution in [3.63, 3.8) is 0 Å². The van der Waals surface area contributed by atoms with Gasteiger partial charge in [0.2, 0.25) is 10.0 Å². The number of hydrogen-bond donors (Lipinski definition) is 2. The number of ether oxygens (including phenoxy) is 1. The molecule has 0 aliphatic heterocycles. The first-order valence-electron chi connectivity index (χ1n) is 10.0. The molecule has 0 aromatic heterocycles.